The fourth-order valence-corrected chi connectivity index (χ4v) is 3.29. The van der Waals surface area contributed by atoms with E-state index in [0.29, 0.717) is 0 Å². The highest BCUT2D eigenvalue weighted by atomic mass is 19.2. The number of carbonyl (C=O) groups excluding carboxylic acids is 1. The molecule has 14 heteroatoms. The molecular weight excluding hydrogens is 455 g/mol. The van der Waals surface area contributed by atoms with Gasteiger partial charge in [0.05, 0.1) is 34.1 Å². The number of benzene rings is 1. The molecule has 9 nitrogen and oxygen atoms in total. The molecule has 176 valence electrons. The van der Waals surface area contributed by atoms with Gasteiger partial charge in [0.25, 0.3) is 0 Å². The second-order valence-corrected chi connectivity index (χ2v) is 7.23. The third kappa shape index (κ3) is 4.03. The third-order valence-electron chi connectivity index (χ3n) is 5.20. The predicted molar refractivity (Wildman–Crippen MR) is 104 cm³/mol. The van der Waals surface area contributed by atoms with Crippen molar-refractivity contribution >= 4 is 17.3 Å². The summed E-state index contributed by atoms with van der Waals surface area (Å²) in [5.41, 5.74) is -0.659. The Labute approximate surface area is 183 Å². The highest BCUT2D eigenvalue weighted by Gasteiger charge is 2.28. The summed E-state index contributed by atoms with van der Waals surface area (Å²) in [5, 5.41) is 21.4. The van der Waals surface area contributed by atoms with Gasteiger partial charge in [-0.25, -0.2) is 22.0 Å². The molecule has 1 atom stereocenters. The van der Waals surface area contributed by atoms with E-state index in [1.54, 1.807) is 0 Å². The number of nitro groups is 1. The van der Waals surface area contributed by atoms with Gasteiger partial charge in [0.15, 0.2) is 23.3 Å². The van der Waals surface area contributed by atoms with Gasteiger partial charge >= 0.3 is 5.69 Å². The lowest BCUT2D eigenvalue weighted by molar-refractivity contribution is -0.385. The molecule has 0 bridgehead atoms. The largest absolute Gasteiger partial charge is 0.321 e. The minimum absolute atomic E-state index is 0.148. The first-order valence-electron chi connectivity index (χ1n) is 9.40. The zero-order chi connectivity index (χ0) is 24.8. The van der Waals surface area contributed by atoms with Gasteiger partial charge in [0.2, 0.25) is 11.7 Å². The third-order valence-corrected chi connectivity index (χ3v) is 5.20. The molecule has 2 aromatic heterocycles. The van der Waals surface area contributed by atoms with Gasteiger partial charge in [0, 0.05) is 0 Å². The van der Waals surface area contributed by atoms with Gasteiger partial charge in [-0.05, 0) is 27.7 Å². The number of rotatable bonds is 6. The van der Waals surface area contributed by atoms with E-state index in [1.165, 1.54) is 27.7 Å². The summed E-state index contributed by atoms with van der Waals surface area (Å²) in [6.45, 7) is 4.98. The summed E-state index contributed by atoms with van der Waals surface area (Å²) >= 11 is 0. The van der Waals surface area contributed by atoms with E-state index in [4.69, 9.17) is 0 Å². The lowest BCUT2D eigenvalue weighted by Crippen LogP contribution is -2.25. The van der Waals surface area contributed by atoms with E-state index in [9.17, 15) is 36.9 Å². The normalized spacial score (nSPS) is 12.2. The Morgan fingerprint density at radius 1 is 1.06 bits per heavy atom. The van der Waals surface area contributed by atoms with Crippen molar-refractivity contribution in [3.05, 3.63) is 68.0 Å². The highest BCUT2D eigenvalue weighted by molar-refractivity contribution is 5.94. The van der Waals surface area contributed by atoms with E-state index in [-0.39, 0.29) is 28.5 Å². The molecule has 3 rings (SSSR count). The smallest absolute Gasteiger partial charge is 0.309 e. The molecule has 0 aliphatic rings. The lowest BCUT2D eigenvalue weighted by Gasteiger charge is -2.14. The minimum Gasteiger partial charge on any atom is -0.321 e. The maximum atomic E-state index is 14.0. The zero-order valence-electron chi connectivity index (χ0n) is 17.7. The summed E-state index contributed by atoms with van der Waals surface area (Å²) in [7, 11) is 0. The summed E-state index contributed by atoms with van der Waals surface area (Å²) in [4.78, 5) is 23.1. The summed E-state index contributed by atoms with van der Waals surface area (Å²) < 4.78 is 70.5. The van der Waals surface area contributed by atoms with Gasteiger partial charge in [-0.2, -0.15) is 10.2 Å². The number of halogens is 5. The maximum absolute atomic E-state index is 14.0. The van der Waals surface area contributed by atoms with Crippen LogP contribution >= 0.6 is 0 Å². The van der Waals surface area contributed by atoms with Gasteiger partial charge in [-0.15, -0.1) is 0 Å². The molecule has 0 saturated carbocycles. The van der Waals surface area contributed by atoms with Crippen molar-refractivity contribution < 1.29 is 31.7 Å². The maximum Gasteiger partial charge on any atom is 0.309 e. The topological polar surface area (TPSA) is 108 Å². The first-order chi connectivity index (χ1) is 15.4. The number of hydrogen-bond donors (Lipinski definition) is 1. The summed E-state index contributed by atoms with van der Waals surface area (Å²) in [6.07, 6.45) is 1.01. The first kappa shape index (κ1) is 23.8. The number of nitrogens with one attached hydrogen (secondary N) is 1. The molecule has 0 spiro atoms. The Bertz CT molecular complexity index is 1260. The molecule has 0 fully saturated rings. The van der Waals surface area contributed by atoms with Crippen molar-refractivity contribution in [2.45, 2.75) is 40.3 Å². The van der Waals surface area contributed by atoms with E-state index < -0.39 is 58.1 Å². The van der Waals surface area contributed by atoms with E-state index in [1.807, 2.05) is 0 Å². The molecule has 0 aliphatic carbocycles. The molecule has 1 N–H and O–H groups in total. The second-order valence-electron chi connectivity index (χ2n) is 7.23. The van der Waals surface area contributed by atoms with Crippen LogP contribution in [0.15, 0.2) is 6.20 Å². The van der Waals surface area contributed by atoms with Crippen LogP contribution in [0.5, 0.6) is 0 Å². The second kappa shape index (κ2) is 8.60. The Hall–Kier alpha value is -3.84. The van der Waals surface area contributed by atoms with E-state index >= 15 is 0 Å². The molecule has 1 amide bonds. The molecule has 0 aliphatic heterocycles. The Balaban J connectivity index is 1.89. The number of hydrogen-bond acceptors (Lipinski definition) is 5. The Morgan fingerprint density at radius 3 is 2.12 bits per heavy atom. The van der Waals surface area contributed by atoms with Crippen LogP contribution in [0.2, 0.25) is 0 Å². The predicted octanol–water partition coefficient (Wildman–Crippen LogP) is 3.86. The lowest BCUT2D eigenvalue weighted by atomic mass is 10.1. The first-order valence-corrected chi connectivity index (χ1v) is 9.40. The number of amides is 1. The van der Waals surface area contributed by atoms with Crippen LogP contribution in [0.1, 0.15) is 35.6 Å². The number of aryl methyl sites for hydroxylation is 1. The number of nitrogens with zero attached hydrogens (tertiary/aromatic N) is 5. The van der Waals surface area contributed by atoms with Gasteiger partial charge in [-0.1, -0.05) is 0 Å². The van der Waals surface area contributed by atoms with Crippen LogP contribution in [-0.4, -0.2) is 30.4 Å². The van der Waals surface area contributed by atoms with Crippen LogP contribution in [0, 0.1) is 60.0 Å². The molecule has 0 saturated heterocycles. The average molecular weight is 472 g/mol. The molecule has 1 unspecified atom stereocenters. The number of anilines is 1. The quantitative estimate of drug-likeness (QED) is 0.193. The average Bonchev–Trinajstić information content (AvgIpc) is 3.28. The standard InChI is InChI=1S/C19H17F5N6O3/c1-7-18(26-19(31)10(4)29-8(2)12(5-25-29)30(32)33)9(3)28(27-7)6-11-13(20)15(22)17(24)16(23)14(11)21/h5,10H,6H2,1-4H3,(H,26,31). The number of aromatic nitrogens is 4. The molecule has 1 aromatic carbocycles. The Kier molecular flexibility index (Phi) is 6.20. The van der Waals surface area contributed by atoms with Crippen LogP contribution in [0.25, 0.3) is 0 Å². The zero-order valence-corrected chi connectivity index (χ0v) is 17.7. The molecule has 2 heterocycles. The van der Waals surface area contributed by atoms with Gasteiger partial charge in [0.1, 0.15) is 17.9 Å². The Morgan fingerprint density at radius 2 is 1.61 bits per heavy atom. The fourth-order valence-electron chi connectivity index (χ4n) is 3.29. The van der Waals surface area contributed by atoms with Gasteiger partial charge in [-0.3, -0.25) is 24.3 Å². The van der Waals surface area contributed by atoms with E-state index in [0.717, 1.165) is 15.6 Å². The molecular formula is C19H17F5N6O3. The van der Waals surface area contributed by atoms with Crippen LogP contribution in [0.4, 0.5) is 33.3 Å². The SMILES string of the molecule is Cc1nn(Cc2c(F)c(F)c(F)c(F)c2F)c(C)c1NC(=O)C(C)n1ncc([N+](=O)[O-])c1C. The molecule has 33 heavy (non-hydrogen) atoms. The fraction of sp³-hybridized carbons (Fsp3) is 0.316. The van der Waals surface area contributed by atoms with Crippen LogP contribution in [-0.2, 0) is 11.3 Å². The molecule has 0 radical (unpaired) electrons. The van der Waals surface area contributed by atoms with Crippen molar-refractivity contribution in [3.63, 3.8) is 0 Å². The molecule has 3 aromatic rings. The van der Waals surface area contributed by atoms with Gasteiger partial charge < -0.3 is 5.32 Å². The van der Waals surface area contributed by atoms with Crippen molar-refractivity contribution in [2.75, 3.05) is 5.32 Å². The van der Waals surface area contributed by atoms with Crippen molar-refractivity contribution in [3.8, 4) is 0 Å². The number of carbonyl (C=O) groups is 1. The van der Waals surface area contributed by atoms with Crippen LogP contribution < -0.4 is 5.32 Å². The van der Waals surface area contributed by atoms with Crippen molar-refractivity contribution in [2.24, 2.45) is 0 Å². The monoisotopic (exact) mass is 472 g/mol. The minimum atomic E-state index is -2.27. The van der Waals surface area contributed by atoms with Crippen LogP contribution in [0.3, 0.4) is 0 Å². The van der Waals surface area contributed by atoms with Crippen molar-refractivity contribution in [1.82, 2.24) is 19.6 Å². The van der Waals surface area contributed by atoms with E-state index in [2.05, 4.69) is 15.5 Å². The van der Waals surface area contributed by atoms with Crippen molar-refractivity contribution in [1.29, 1.82) is 0 Å². The summed E-state index contributed by atoms with van der Waals surface area (Å²) in [6, 6.07) is -0.976. The highest BCUT2D eigenvalue weighted by Crippen LogP contribution is 2.27. The summed E-state index contributed by atoms with van der Waals surface area (Å²) in [5.74, 6) is -11.0.